The van der Waals surface area contributed by atoms with Crippen molar-refractivity contribution >= 4 is 21.6 Å². The summed E-state index contributed by atoms with van der Waals surface area (Å²) in [7, 11) is -10.8. The van der Waals surface area contributed by atoms with E-state index in [0.29, 0.717) is 0 Å². The van der Waals surface area contributed by atoms with E-state index in [1.807, 2.05) is 6.07 Å². The topological polar surface area (TPSA) is 108 Å². The highest BCUT2D eigenvalue weighted by Crippen LogP contribution is 3.02. The molecule has 18 heteroatoms. The molecule has 0 fully saturated rings. The van der Waals surface area contributed by atoms with Gasteiger partial charge >= 0.3 is 10.2 Å². The first-order valence-electron chi connectivity index (χ1n) is 14.7. The van der Waals surface area contributed by atoms with Crippen molar-refractivity contribution in [1.82, 2.24) is 19.9 Å². The number of hydrogen-bond acceptors (Lipinski definition) is 6. The van der Waals surface area contributed by atoms with E-state index >= 15 is 0 Å². The molecule has 0 aliphatic heterocycles. The third-order valence-electron chi connectivity index (χ3n) is 8.73. The number of nitrogens with zero attached hydrogens (tertiary/aromatic N) is 8. The maximum atomic E-state index is 14.6. The van der Waals surface area contributed by atoms with Gasteiger partial charge in [0.2, 0.25) is 0 Å². The molecule has 0 amide bonds. The average molecular weight is 749 g/mol. The molecule has 5 aromatic rings. The van der Waals surface area contributed by atoms with Gasteiger partial charge in [-0.1, -0.05) is 19.4 Å². The molecule has 2 aromatic heterocycles. The molecule has 2 heterocycles. The largest absolute Gasteiger partial charge is 0.315 e. The molecule has 2 aliphatic carbocycles. The third-order valence-corrected chi connectivity index (χ3v) is 9.89. The molecule has 53 heavy (non-hydrogen) atoms. The predicted octanol–water partition coefficient (Wildman–Crippen LogP) is 8.37. The number of aromatic nitrogens is 4. The van der Waals surface area contributed by atoms with Gasteiger partial charge in [0.15, 0.2) is 4.90 Å². The Kier molecular flexibility index (Phi) is 7.11. The number of fused-ring (bicyclic) bond motifs is 6. The Hall–Kier alpha value is -6.76. The molecule has 0 N–H and O–H groups in total. The molecule has 3 aromatic carbocycles. The molecule has 0 bridgehead atoms. The van der Waals surface area contributed by atoms with Crippen molar-refractivity contribution in [2.45, 2.75) is 24.7 Å². The molecule has 262 valence electrons. The first-order chi connectivity index (χ1) is 24.8. The van der Waals surface area contributed by atoms with Crippen LogP contribution in [0.3, 0.4) is 0 Å². The van der Waals surface area contributed by atoms with Gasteiger partial charge in [-0.2, -0.15) is 0 Å². The third kappa shape index (κ3) is 5.39. The van der Waals surface area contributed by atoms with E-state index in [9.17, 15) is 47.5 Å². The van der Waals surface area contributed by atoms with Crippen LogP contribution in [0.5, 0.6) is 0 Å². The lowest BCUT2D eigenvalue weighted by Crippen LogP contribution is -2.26. The summed E-state index contributed by atoms with van der Waals surface area (Å²) in [4.78, 5) is 21.0. The second kappa shape index (κ2) is 10.9. The zero-order valence-electron chi connectivity index (χ0n) is 26.3. The van der Waals surface area contributed by atoms with Crippen LogP contribution in [-0.4, -0.2) is 19.9 Å². The fourth-order valence-electron chi connectivity index (χ4n) is 6.50. The summed E-state index contributed by atoms with van der Waals surface area (Å²) in [6.07, 6.45) is 1.88. The van der Waals surface area contributed by atoms with Crippen molar-refractivity contribution in [2.24, 2.45) is 0 Å². The summed E-state index contributed by atoms with van der Waals surface area (Å²) < 4.78 is 126. The van der Waals surface area contributed by atoms with Crippen LogP contribution in [0.25, 0.3) is 66.1 Å². The summed E-state index contributed by atoms with van der Waals surface area (Å²) in [5, 5.41) is 20.1. The number of hydrogen-bond donors (Lipinski definition) is 0. The van der Waals surface area contributed by atoms with Crippen LogP contribution in [0, 0.1) is 66.0 Å². The normalized spacial score (nSPS) is 14.9. The number of benzene rings is 3. The van der Waals surface area contributed by atoms with Gasteiger partial charge in [-0.05, 0) is 42.3 Å². The lowest BCUT2D eigenvalue weighted by molar-refractivity contribution is 0.345. The Morgan fingerprint density at radius 3 is 1.45 bits per heavy atom. The minimum Gasteiger partial charge on any atom is -0.256 e. The fourth-order valence-corrected chi connectivity index (χ4v) is 7.36. The minimum atomic E-state index is -10.8. The Morgan fingerprint density at radius 2 is 1.08 bits per heavy atom. The average Bonchev–Trinajstić information content (AvgIpc) is 3.65. The first kappa shape index (κ1) is 34.7. The van der Waals surface area contributed by atoms with Crippen LogP contribution in [0.2, 0.25) is 0 Å². The number of nitriles is 2. The molecule has 0 atom stereocenters. The highest BCUT2D eigenvalue weighted by atomic mass is 32.5. The number of rotatable bonds is 3. The Balaban J connectivity index is 1.57. The fraction of sp³-hybridized carbons (Fsp3) is 0.0857. The van der Waals surface area contributed by atoms with Crippen LogP contribution < -0.4 is 10.4 Å². The van der Waals surface area contributed by atoms with Gasteiger partial charge in [0.25, 0.3) is 11.4 Å². The van der Waals surface area contributed by atoms with Gasteiger partial charge in [-0.15, -0.1) is 0 Å². The van der Waals surface area contributed by atoms with Gasteiger partial charge in [0.1, 0.15) is 23.3 Å². The molecule has 0 saturated heterocycles. The second-order valence-electron chi connectivity index (χ2n) is 11.9. The van der Waals surface area contributed by atoms with Crippen LogP contribution in [0.1, 0.15) is 28.1 Å². The first-order valence-corrected chi connectivity index (χ1v) is 16.7. The molecule has 0 spiro atoms. The smallest absolute Gasteiger partial charge is 0.256 e. The van der Waals surface area contributed by atoms with Crippen molar-refractivity contribution < 1.29 is 37.0 Å². The van der Waals surface area contributed by atoms with Crippen LogP contribution in [-0.2, 0) is 12.8 Å². The Labute approximate surface area is 291 Å². The highest BCUT2D eigenvalue weighted by molar-refractivity contribution is 8.45. The van der Waals surface area contributed by atoms with E-state index in [4.69, 9.17) is 13.1 Å². The molecular weight excluding hydrogens is 735 g/mol. The summed E-state index contributed by atoms with van der Waals surface area (Å²) in [5.74, 6) is -6.98. The maximum Gasteiger partial charge on any atom is 0.315 e. The van der Waals surface area contributed by atoms with Crippen molar-refractivity contribution in [3.05, 3.63) is 121 Å². The zero-order valence-corrected chi connectivity index (χ0v) is 27.1. The van der Waals surface area contributed by atoms with Gasteiger partial charge in [0, 0.05) is 51.1 Å². The maximum absolute atomic E-state index is 14.6. The van der Waals surface area contributed by atoms with Crippen molar-refractivity contribution in [1.29, 1.82) is 10.5 Å². The molecule has 0 unspecified atom stereocenters. The molecule has 8 nitrogen and oxygen atoms in total. The second-order valence-corrected chi connectivity index (χ2v) is 14.2. The molecule has 0 radical (unpaired) electrons. The highest BCUT2D eigenvalue weighted by Gasteiger charge is 2.69. The molecule has 2 aliphatic rings. The van der Waals surface area contributed by atoms with Crippen LogP contribution in [0.15, 0.2) is 41.6 Å². The molecule has 0 saturated carbocycles. The number of halogens is 9. The van der Waals surface area contributed by atoms with Gasteiger partial charge < -0.3 is 0 Å². The molecular formula is C35H13F9N8S. The lowest BCUT2D eigenvalue weighted by atomic mass is 9.92. The van der Waals surface area contributed by atoms with Crippen LogP contribution >= 0.6 is 10.2 Å². The Morgan fingerprint density at radius 1 is 0.679 bits per heavy atom. The quantitative estimate of drug-likeness (QED) is 0.133. The summed E-state index contributed by atoms with van der Waals surface area (Å²) >= 11 is 0. The van der Waals surface area contributed by atoms with E-state index in [2.05, 4.69) is 29.6 Å². The van der Waals surface area contributed by atoms with E-state index in [1.54, 1.807) is 6.07 Å². The van der Waals surface area contributed by atoms with Gasteiger partial charge in [0.05, 0.1) is 71.8 Å². The van der Waals surface area contributed by atoms with Gasteiger partial charge in [-0.25, -0.2) is 47.7 Å². The molecule has 7 rings (SSSR count). The van der Waals surface area contributed by atoms with E-state index in [-0.39, 0.29) is 97.3 Å². The van der Waals surface area contributed by atoms with E-state index in [0.717, 1.165) is 18.3 Å². The minimum absolute atomic E-state index is 0.00816. The lowest BCUT2D eigenvalue weighted by Gasteiger charge is -2.40. The standard InChI is InChI=1S/C35H13F9N8S/c1-14-19(36)4-15(5-20(14)37)27-12-49-23-8-17-29(25(10-45)47-2)18-9-24-34(31(18)32(26(11-46)48-3)30(17)33(23)51-27)52-28(13-50-24)16-6-21(38)35(22(39)7-16)53(40,41,42,43)44/h4-7,12-13H,8-9H2,1H3/b29-25+,32-26+. The summed E-state index contributed by atoms with van der Waals surface area (Å²) in [6.45, 7) is 16.8. The summed E-state index contributed by atoms with van der Waals surface area (Å²) in [6, 6.07) is 5.66. The van der Waals surface area contributed by atoms with Crippen molar-refractivity contribution in [2.75, 3.05) is 0 Å². The Bertz CT molecular complexity index is 2810. The zero-order chi connectivity index (χ0) is 38.4. The van der Waals surface area contributed by atoms with E-state index < -0.39 is 61.0 Å². The van der Waals surface area contributed by atoms with Crippen molar-refractivity contribution in [3.63, 3.8) is 0 Å². The van der Waals surface area contributed by atoms with Crippen LogP contribution in [0.4, 0.5) is 37.0 Å². The van der Waals surface area contributed by atoms with Gasteiger partial charge in [-0.3, -0.25) is 9.97 Å². The monoisotopic (exact) mass is 748 g/mol. The predicted molar refractivity (Wildman–Crippen MR) is 171 cm³/mol. The van der Waals surface area contributed by atoms with E-state index in [1.165, 1.54) is 13.1 Å². The SMILES string of the molecule is [C-]#[N+]/C(C#N)=c1\c2c(/c(=C(/C#N)[N+]#[C-])c3c1Cc1ncc(-c4cc(F)c(S(F)(F)(F)(F)F)c(F)c4)nc1-3)-c1nc(-c3cc(F)c(C)c(F)c3)cnc1C2. The van der Waals surface area contributed by atoms with Crippen molar-refractivity contribution in [3.8, 4) is 57.2 Å². The summed E-state index contributed by atoms with van der Waals surface area (Å²) in [5.41, 5.74) is -1.93.